The van der Waals surface area contributed by atoms with Crippen molar-refractivity contribution in [3.8, 4) is 17.1 Å². The number of rotatable bonds is 2. The van der Waals surface area contributed by atoms with Crippen molar-refractivity contribution >= 4 is 5.82 Å². The Labute approximate surface area is 137 Å². The molecule has 0 atom stereocenters. The van der Waals surface area contributed by atoms with E-state index in [9.17, 15) is 8.78 Å². The highest BCUT2D eigenvalue weighted by Gasteiger charge is 2.21. The summed E-state index contributed by atoms with van der Waals surface area (Å²) < 4.78 is 28.7. The minimum atomic E-state index is -1.04. The number of hydrogen-bond acceptors (Lipinski definition) is 5. The molecule has 124 valence electrons. The van der Waals surface area contributed by atoms with Crippen molar-refractivity contribution in [3.05, 3.63) is 47.7 Å². The molecule has 2 aromatic heterocycles. The molecule has 0 spiro atoms. The maximum Gasteiger partial charge on any atom is 0.190 e. The van der Waals surface area contributed by atoms with Crippen LogP contribution in [0.25, 0.3) is 17.1 Å². The molecule has 0 bridgehead atoms. The fraction of sp³-hybridized carbons (Fsp3) is 0.250. The quantitative estimate of drug-likeness (QED) is 0.781. The van der Waals surface area contributed by atoms with E-state index in [0.717, 1.165) is 16.3 Å². The first-order chi connectivity index (χ1) is 11.3. The van der Waals surface area contributed by atoms with Crippen LogP contribution in [0, 0.1) is 11.6 Å². The highest BCUT2D eigenvalue weighted by molar-refractivity contribution is 5.70. The van der Waals surface area contributed by atoms with Gasteiger partial charge in [0, 0.05) is 6.20 Å². The monoisotopic (exact) mass is 330 g/mol. The van der Waals surface area contributed by atoms with Crippen LogP contribution in [-0.2, 0) is 5.41 Å². The maximum atomic E-state index is 14.1. The van der Waals surface area contributed by atoms with E-state index in [-0.39, 0.29) is 22.7 Å². The highest BCUT2D eigenvalue weighted by Crippen LogP contribution is 2.30. The summed E-state index contributed by atoms with van der Waals surface area (Å²) in [5.41, 5.74) is 7.05. The number of hydrogen-bond donors (Lipinski definition) is 1. The lowest BCUT2D eigenvalue weighted by molar-refractivity contribution is 0.501. The summed E-state index contributed by atoms with van der Waals surface area (Å²) in [6.07, 6.45) is 1.68. The van der Waals surface area contributed by atoms with Crippen LogP contribution in [0.15, 0.2) is 30.5 Å². The third-order valence-electron chi connectivity index (χ3n) is 3.65. The molecule has 0 saturated heterocycles. The molecule has 0 saturated carbocycles. The molecule has 0 unspecified atom stereocenters. The van der Waals surface area contributed by atoms with Crippen LogP contribution in [0.5, 0.6) is 0 Å². The van der Waals surface area contributed by atoms with Gasteiger partial charge in [-0.1, -0.05) is 26.8 Å². The molecule has 8 heteroatoms. The molecule has 0 fully saturated rings. The molecular formula is C16H16F2N6. The van der Waals surface area contributed by atoms with Crippen molar-refractivity contribution < 1.29 is 8.78 Å². The minimum absolute atomic E-state index is 0.101. The predicted octanol–water partition coefficient (Wildman–Crippen LogP) is 2.88. The summed E-state index contributed by atoms with van der Waals surface area (Å²) in [6, 6.07) is 5.60. The van der Waals surface area contributed by atoms with Crippen LogP contribution in [0.4, 0.5) is 14.6 Å². The second kappa shape index (κ2) is 5.63. The normalized spacial score (nSPS) is 11.7. The Morgan fingerprint density at radius 2 is 1.92 bits per heavy atom. The van der Waals surface area contributed by atoms with Gasteiger partial charge in [0.05, 0.1) is 5.56 Å². The molecule has 24 heavy (non-hydrogen) atoms. The van der Waals surface area contributed by atoms with E-state index in [4.69, 9.17) is 5.73 Å². The van der Waals surface area contributed by atoms with Crippen LogP contribution < -0.4 is 5.73 Å². The van der Waals surface area contributed by atoms with Gasteiger partial charge in [0.1, 0.15) is 11.5 Å². The Hall–Kier alpha value is -2.90. The average Bonchev–Trinajstić information content (AvgIpc) is 2.98. The summed E-state index contributed by atoms with van der Waals surface area (Å²) >= 11 is 0. The third kappa shape index (κ3) is 2.70. The molecular weight excluding hydrogens is 314 g/mol. The minimum Gasteiger partial charge on any atom is -0.383 e. The maximum absolute atomic E-state index is 14.1. The van der Waals surface area contributed by atoms with Gasteiger partial charge in [0.2, 0.25) is 0 Å². The summed E-state index contributed by atoms with van der Waals surface area (Å²) in [5.74, 6) is -1.63. The molecule has 2 N–H and O–H groups in total. The lowest BCUT2D eigenvalue weighted by Crippen LogP contribution is -2.13. The first kappa shape index (κ1) is 16.0. The van der Waals surface area contributed by atoms with Gasteiger partial charge in [0.15, 0.2) is 17.5 Å². The molecule has 3 aromatic rings. The first-order valence-corrected chi connectivity index (χ1v) is 7.28. The zero-order valence-corrected chi connectivity index (χ0v) is 13.5. The fourth-order valence-corrected chi connectivity index (χ4v) is 2.24. The fourth-order valence-electron chi connectivity index (χ4n) is 2.24. The van der Waals surface area contributed by atoms with Gasteiger partial charge >= 0.3 is 0 Å². The second-order valence-electron chi connectivity index (χ2n) is 6.39. The summed E-state index contributed by atoms with van der Waals surface area (Å²) in [7, 11) is 0. The van der Waals surface area contributed by atoms with E-state index < -0.39 is 11.6 Å². The van der Waals surface area contributed by atoms with E-state index >= 15 is 0 Å². The Morgan fingerprint density at radius 1 is 1.17 bits per heavy atom. The van der Waals surface area contributed by atoms with E-state index in [1.807, 2.05) is 26.8 Å². The Balaban J connectivity index is 2.20. The largest absolute Gasteiger partial charge is 0.383 e. The molecule has 0 aliphatic heterocycles. The van der Waals surface area contributed by atoms with Crippen LogP contribution >= 0.6 is 0 Å². The zero-order valence-electron chi connectivity index (χ0n) is 13.5. The zero-order chi connectivity index (χ0) is 17.5. The molecule has 0 aliphatic carbocycles. The van der Waals surface area contributed by atoms with E-state index in [0.29, 0.717) is 5.56 Å². The van der Waals surface area contributed by atoms with Gasteiger partial charge in [-0.25, -0.2) is 13.8 Å². The van der Waals surface area contributed by atoms with Crippen LogP contribution in [0.3, 0.4) is 0 Å². The summed E-state index contributed by atoms with van der Waals surface area (Å²) in [4.78, 5) is 4.18. The van der Waals surface area contributed by atoms with Crippen molar-refractivity contribution in [2.24, 2.45) is 0 Å². The summed E-state index contributed by atoms with van der Waals surface area (Å²) in [6.45, 7) is 6.08. The Kier molecular flexibility index (Phi) is 3.75. The van der Waals surface area contributed by atoms with Crippen molar-refractivity contribution in [2.45, 2.75) is 26.2 Å². The molecule has 6 nitrogen and oxygen atoms in total. The number of benzene rings is 1. The van der Waals surface area contributed by atoms with Crippen molar-refractivity contribution in [2.75, 3.05) is 5.73 Å². The molecule has 1 aromatic carbocycles. The topological polar surface area (TPSA) is 82.5 Å². The molecule has 0 amide bonds. The van der Waals surface area contributed by atoms with E-state index in [2.05, 4.69) is 20.5 Å². The standard InChI is InChI=1S/C16H16F2N6/c1-16(2,3)9-7-10(14(19)20-8-9)15-21-22-23-24(15)12-6-4-5-11(17)13(12)18/h4-8H,1-3H3,(H2,19,20). The number of aromatic nitrogens is 5. The number of nitrogen functional groups attached to an aromatic ring is 1. The Morgan fingerprint density at radius 3 is 2.62 bits per heavy atom. The van der Waals surface area contributed by atoms with Crippen LogP contribution in [-0.4, -0.2) is 25.2 Å². The van der Waals surface area contributed by atoms with Gasteiger partial charge in [-0.05, 0) is 39.6 Å². The van der Waals surface area contributed by atoms with Gasteiger partial charge in [-0.2, -0.15) is 4.68 Å². The second-order valence-corrected chi connectivity index (χ2v) is 6.39. The number of nitrogens with two attached hydrogens (primary N) is 1. The predicted molar refractivity (Wildman–Crippen MR) is 85.4 cm³/mol. The third-order valence-corrected chi connectivity index (χ3v) is 3.65. The molecule has 2 heterocycles. The number of halogens is 2. The van der Waals surface area contributed by atoms with E-state index in [1.54, 1.807) is 6.20 Å². The smallest absolute Gasteiger partial charge is 0.190 e. The van der Waals surface area contributed by atoms with Crippen molar-refractivity contribution in [1.29, 1.82) is 0 Å². The van der Waals surface area contributed by atoms with Crippen LogP contribution in [0.1, 0.15) is 26.3 Å². The van der Waals surface area contributed by atoms with E-state index in [1.165, 1.54) is 12.1 Å². The lowest BCUT2D eigenvalue weighted by Gasteiger charge is -2.19. The van der Waals surface area contributed by atoms with Crippen LogP contribution in [0.2, 0.25) is 0 Å². The van der Waals surface area contributed by atoms with Crippen molar-refractivity contribution in [1.82, 2.24) is 25.2 Å². The molecule has 0 radical (unpaired) electrons. The lowest BCUT2D eigenvalue weighted by atomic mass is 9.87. The highest BCUT2D eigenvalue weighted by atomic mass is 19.2. The van der Waals surface area contributed by atoms with Gasteiger partial charge in [0.25, 0.3) is 0 Å². The number of tetrazole rings is 1. The number of anilines is 1. The first-order valence-electron chi connectivity index (χ1n) is 7.28. The summed E-state index contributed by atoms with van der Waals surface area (Å²) in [5, 5.41) is 11.2. The number of nitrogens with zero attached hydrogens (tertiary/aromatic N) is 5. The molecule has 0 aliphatic rings. The average molecular weight is 330 g/mol. The SMILES string of the molecule is CC(C)(C)c1cnc(N)c(-c2nnnn2-c2cccc(F)c2F)c1. The van der Waals surface area contributed by atoms with Gasteiger partial charge in [-0.15, -0.1) is 5.10 Å². The number of pyridine rings is 1. The van der Waals surface area contributed by atoms with Gasteiger partial charge in [-0.3, -0.25) is 0 Å². The van der Waals surface area contributed by atoms with Crippen molar-refractivity contribution in [3.63, 3.8) is 0 Å². The van der Waals surface area contributed by atoms with Gasteiger partial charge < -0.3 is 5.73 Å². The Bertz CT molecular complexity index is 898. The molecule has 3 rings (SSSR count).